The van der Waals surface area contributed by atoms with E-state index in [2.05, 4.69) is 61.9 Å². The number of piperidine rings is 1. The Morgan fingerprint density at radius 1 is 1.14 bits per heavy atom. The molecule has 1 aromatic carbocycles. The van der Waals surface area contributed by atoms with Gasteiger partial charge in [0.2, 0.25) is 5.90 Å². The first-order chi connectivity index (χ1) is 10.4. The minimum absolute atomic E-state index is 0.0856. The van der Waals surface area contributed by atoms with E-state index in [0.29, 0.717) is 18.6 Å². The molecule has 0 aromatic heterocycles. The predicted molar refractivity (Wildman–Crippen MR) is 91.7 cm³/mol. The van der Waals surface area contributed by atoms with Crippen LogP contribution in [0, 0.1) is 0 Å². The second kappa shape index (κ2) is 6.04. The van der Waals surface area contributed by atoms with Crippen LogP contribution < -0.4 is 0 Å². The first-order valence-corrected chi connectivity index (χ1v) is 8.52. The Bertz CT molecular complexity index is 537. The van der Waals surface area contributed by atoms with Gasteiger partial charge >= 0.3 is 0 Å². The molecule has 0 unspecified atom stereocenters. The number of aliphatic imine (C=N–C) groups is 1. The van der Waals surface area contributed by atoms with E-state index in [0.717, 1.165) is 11.5 Å². The van der Waals surface area contributed by atoms with Gasteiger partial charge in [0.05, 0.1) is 5.54 Å². The maximum atomic E-state index is 5.72. The van der Waals surface area contributed by atoms with Gasteiger partial charge < -0.3 is 9.64 Å². The van der Waals surface area contributed by atoms with Crippen LogP contribution in [0.1, 0.15) is 57.6 Å². The van der Waals surface area contributed by atoms with Crippen LogP contribution in [0.3, 0.4) is 0 Å². The summed E-state index contributed by atoms with van der Waals surface area (Å²) in [6.45, 7) is 11.9. The molecular weight excluding hydrogens is 272 g/mol. The molecule has 0 radical (unpaired) electrons. The maximum absolute atomic E-state index is 5.72. The highest BCUT2D eigenvalue weighted by molar-refractivity contribution is 5.95. The van der Waals surface area contributed by atoms with Crippen molar-refractivity contribution in [1.29, 1.82) is 0 Å². The van der Waals surface area contributed by atoms with E-state index in [1.54, 1.807) is 0 Å². The molecule has 2 heterocycles. The van der Waals surface area contributed by atoms with E-state index in [-0.39, 0.29) is 5.54 Å². The summed E-state index contributed by atoms with van der Waals surface area (Å²) in [6, 6.07) is 9.54. The summed E-state index contributed by atoms with van der Waals surface area (Å²) in [7, 11) is 0. The molecule has 3 heteroatoms. The van der Waals surface area contributed by atoms with E-state index in [4.69, 9.17) is 4.74 Å². The molecule has 0 bridgehead atoms. The standard InChI is InChI=1S/C19H28N2O/c1-14(2)21-11-9-16(10-12-21)15-5-7-17(8-6-15)18-20-19(3,4)13-22-18/h5-8,14,16H,9-13H2,1-4H3. The molecule has 0 aliphatic carbocycles. The van der Waals surface area contributed by atoms with Crippen molar-refractivity contribution < 1.29 is 4.74 Å². The highest BCUT2D eigenvalue weighted by Crippen LogP contribution is 2.29. The number of hydrogen-bond donors (Lipinski definition) is 0. The highest BCUT2D eigenvalue weighted by atomic mass is 16.5. The maximum Gasteiger partial charge on any atom is 0.216 e. The molecule has 1 saturated heterocycles. The van der Waals surface area contributed by atoms with E-state index in [9.17, 15) is 0 Å². The van der Waals surface area contributed by atoms with Gasteiger partial charge in [0.15, 0.2) is 0 Å². The summed E-state index contributed by atoms with van der Waals surface area (Å²) < 4.78 is 5.72. The lowest BCUT2D eigenvalue weighted by Crippen LogP contribution is -2.37. The number of likely N-dealkylation sites (tertiary alicyclic amines) is 1. The molecule has 2 aliphatic heterocycles. The fraction of sp³-hybridized carbons (Fsp3) is 0.632. The Balaban J connectivity index is 1.66. The number of ether oxygens (including phenoxy) is 1. The van der Waals surface area contributed by atoms with E-state index < -0.39 is 0 Å². The molecule has 2 aliphatic rings. The lowest BCUT2D eigenvalue weighted by molar-refractivity contribution is 0.172. The van der Waals surface area contributed by atoms with Crippen LogP contribution in [0.2, 0.25) is 0 Å². The van der Waals surface area contributed by atoms with E-state index >= 15 is 0 Å². The Kier molecular flexibility index (Phi) is 4.26. The van der Waals surface area contributed by atoms with Crippen LogP contribution in [0.15, 0.2) is 29.3 Å². The molecule has 120 valence electrons. The lowest BCUT2D eigenvalue weighted by Gasteiger charge is -2.34. The second-order valence-electron chi connectivity index (χ2n) is 7.54. The van der Waals surface area contributed by atoms with Crippen LogP contribution in [0.5, 0.6) is 0 Å². The molecule has 0 atom stereocenters. The summed E-state index contributed by atoms with van der Waals surface area (Å²) >= 11 is 0. The zero-order chi connectivity index (χ0) is 15.7. The average Bonchev–Trinajstić information content (AvgIpc) is 2.88. The van der Waals surface area contributed by atoms with Gasteiger partial charge in [-0.3, -0.25) is 0 Å². The molecule has 1 aromatic rings. The molecule has 0 N–H and O–H groups in total. The largest absolute Gasteiger partial charge is 0.475 e. The Hall–Kier alpha value is -1.35. The minimum Gasteiger partial charge on any atom is -0.475 e. The van der Waals surface area contributed by atoms with Crippen LogP contribution in [0.25, 0.3) is 0 Å². The summed E-state index contributed by atoms with van der Waals surface area (Å²) in [5.74, 6) is 1.50. The molecule has 3 rings (SSSR count). The van der Waals surface area contributed by atoms with Gasteiger partial charge in [-0.1, -0.05) is 12.1 Å². The number of nitrogens with zero attached hydrogens (tertiary/aromatic N) is 2. The summed E-state index contributed by atoms with van der Waals surface area (Å²) in [5.41, 5.74) is 2.48. The van der Waals surface area contributed by atoms with Crippen LogP contribution in [0.4, 0.5) is 0 Å². The quantitative estimate of drug-likeness (QED) is 0.847. The van der Waals surface area contributed by atoms with E-state index in [1.165, 1.54) is 31.5 Å². The van der Waals surface area contributed by atoms with Crippen LogP contribution >= 0.6 is 0 Å². The van der Waals surface area contributed by atoms with Crippen LogP contribution in [-0.2, 0) is 4.74 Å². The molecule has 22 heavy (non-hydrogen) atoms. The predicted octanol–water partition coefficient (Wildman–Crippen LogP) is 3.83. The van der Waals surface area contributed by atoms with Gasteiger partial charge in [-0.25, -0.2) is 4.99 Å². The summed E-state index contributed by atoms with van der Waals surface area (Å²) in [4.78, 5) is 7.23. The minimum atomic E-state index is -0.0856. The third-order valence-corrected chi connectivity index (χ3v) is 4.86. The normalized spacial score (nSPS) is 22.7. The van der Waals surface area contributed by atoms with Crippen molar-refractivity contribution in [2.45, 2.75) is 58.0 Å². The van der Waals surface area contributed by atoms with Gasteiger partial charge in [-0.05, 0) is 77.2 Å². The molecule has 0 saturated carbocycles. The zero-order valence-corrected chi connectivity index (χ0v) is 14.3. The van der Waals surface area contributed by atoms with Crippen molar-refractivity contribution in [1.82, 2.24) is 4.90 Å². The smallest absolute Gasteiger partial charge is 0.216 e. The second-order valence-corrected chi connectivity index (χ2v) is 7.54. The zero-order valence-electron chi connectivity index (χ0n) is 14.3. The fourth-order valence-corrected chi connectivity index (χ4v) is 3.38. The number of benzene rings is 1. The van der Waals surface area contributed by atoms with Crippen molar-refractivity contribution in [3.63, 3.8) is 0 Å². The van der Waals surface area contributed by atoms with Gasteiger partial charge in [0.25, 0.3) is 0 Å². The van der Waals surface area contributed by atoms with Crippen molar-refractivity contribution in [2.75, 3.05) is 19.7 Å². The van der Waals surface area contributed by atoms with Crippen molar-refractivity contribution in [3.8, 4) is 0 Å². The first-order valence-electron chi connectivity index (χ1n) is 8.52. The molecule has 0 spiro atoms. The third-order valence-electron chi connectivity index (χ3n) is 4.86. The molecule has 1 fully saturated rings. The monoisotopic (exact) mass is 300 g/mol. The Morgan fingerprint density at radius 3 is 2.27 bits per heavy atom. The van der Waals surface area contributed by atoms with E-state index in [1.807, 2.05) is 0 Å². The van der Waals surface area contributed by atoms with Gasteiger partial charge in [-0.2, -0.15) is 0 Å². The summed E-state index contributed by atoms with van der Waals surface area (Å²) in [5, 5.41) is 0. The van der Waals surface area contributed by atoms with Crippen molar-refractivity contribution >= 4 is 5.90 Å². The molecule has 3 nitrogen and oxygen atoms in total. The Morgan fingerprint density at radius 2 is 1.77 bits per heavy atom. The van der Waals surface area contributed by atoms with Crippen molar-refractivity contribution in [3.05, 3.63) is 35.4 Å². The van der Waals surface area contributed by atoms with Crippen LogP contribution in [-0.4, -0.2) is 42.1 Å². The highest BCUT2D eigenvalue weighted by Gasteiger charge is 2.27. The Labute approximate surface area is 134 Å². The topological polar surface area (TPSA) is 24.8 Å². The average molecular weight is 300 g/mol. The summed E-state index contributed by atoms with van der Waals surface area (Å²) in [6.07, 6.45) is 2.53. The first kappa shape index (κ1) is 15.5. The number of hydrogen-bond acceptors (Lipinski definition) is 3. The van der Waals surface area contributed by atoms with Crippen molar-refractivity contribution in [2.24, 2.45) is 4.99 Å². The fourth-order valence-electron chi connectivity index (χ4n) is 3.38. The third kappa shape index (κ3) is 3.35. The molecule has 0 amide bonds. The number of rotatable bonds is 3. The van der Waals surface area contributed by atoms with Gasteiger partial charge in [-0.15, -0.1) is 0 Å². The lowest BCUT2D eigenvalue weighted by atomic mass is 9.88. The SMILES string of the molecule is CC(C)N1CCC(c2ccc(C3=NC(C)(C)CO3)cc2)CC1. The van der Waals surface area contributed by atoms with Gasteiger partial charge in [0, 0.05) is 11.6 Å². The molecular formula is C19H28N2O. The van der Waals surface area contributed by atoms with Gasteiger partial charge in [0.1, 0.15) is 6.61 Å².